The largest absolute Gasteiger partial charge is 0.376 e. The van der Waals surface area contributed by atoms with Crippen LogP contribution in [0.5, 0.6) is 0 Å². The Morgan fingerprint density at radius 3 is 3.24 bits per heavy atom. The summed E-state index contributed by atoms with van der Waals surface area (Å²) in [7, 11) is 0. The van der Waals surface area contributed by atoms with E-state index < -0.39 is 0 Å². The number of hydrogen-bond acceptors (Lipinski definition) is 3. The summed E-state index contributed by atoms with van der Waals surface area (Å²) >= 11 is 3.56. The molecule has 0 amide bonds. The summed E-state index contributed by atoms with van der Waals surface area (Å²) in [6.07, 6.45) is 7.55. The van der Waals surface area contributed by atoms with Crippen LogP contribution < -0.4 is 4.90 Å². The maximum Gasteiger partial charge on any atom is 0.0750 e. The number of ether oxygens (including phenoxy) is 1. The zero-order chi connectivity index (χ0) is 12.1. The second-order valence-electron chi connectivity index (χ2n) is 4.41. The summed E-state index contributed by atoms with van der Waals surface area (Å²) < 4.78 is 6.92. The molecule has 1 aliphatic rings. The van der Waals surface area contributed by atoms with Gasteiger partial charge in [0.15, 0.2) is 0 Å². The lowest BCUT2D eigenvalue weighted by molar-refractivity contribution is 0.0440. The van der Waals surface area contributed by atoms with Gasteiger partial charge >= 0.3 is 0 Å². The van der Waals surface area contributed by atoms with Crippen LogP contribution in [0.1, 0.15) is 26.2 Å². The molecule has 0 bridgehead atoms. The Bertz CT molecular complexity index is 359. The molecule has 1 saturated heterocycles. The van der Waals surface area contributed by atoms with Gasteiger partial charge < -0.3 is 9.64 Å². The fourth-order valence-electron chi connectivity index (χ4n) is 2.20. The third kappa shape index (κ3) is 3.42. The summed E-state index contributed by atoms with van der Waals surface area (Å²) in [4.78, 5) is 6.49. The number of anilines is 1. The van der Waals surface area contributed by atoms with E-state index >= 15 is 0 Å². The molecule has 1 fully saturated rings. The van der Waals surface area contributed by atoms with E-state index in [0.717, 1.165) is 30.6 Å². The van der Waals surface area contributed by atoms with E-state index in [4.69, 9.17) is 4.74 Å². The first-order chi connectivity index (χ1) is 8.31. The highest BCUT2D eigenvalue weighted by molar-refractivity contribution is 9.10. The number of hydrogen-bond donors (Lipinski definition) is 0. The lowest BCUT2D eigenvalue weighted by atomic mass is 10.1. The van der Waals surface area contributed by atoms with Gasteiger partial charge in [-0.25, -0.2) is 0 Å². The molecule has 1 unspecified atom stereocenters. The van der Waals surface area contributed by atoms with E-state index in [2.05, 4.69) is 38.8 Å². The monoisotopic (exact) mass is 298 g/mol. The Balaban J connectivity index is 1.99. The minimum Gasteiger partial charge on any atom is -0.376 e. The number of halogens is 1. The Hall–Kier alpha value is -0.610. The Morgan fingerprint density at radius 2 is 2.47 bits per heavy atom. The number of nitrogens with zero attached hydrogens (tertiary/aromatic N) is 2. The van der Waals surface area contributed by atoms with Gasteiger partial charge in [-0.15, -0.1) is 0 Å². The van der Waals surface area contributed by atoms with Crippen molar-refractivity contribution in [2.24, 2.45) is 0 Å². The van der Waals surface area contributed by atoms with Crippen molar-refractivity contribution in [3.05, 3.63) is 22.9 Å². The molecule has 1 aromatic heterocycles. The molecule has 0 aliphatic carbocycles. The second-order valence-corrected chi connectivity index (χ2v) is 5.26. The number of piperidine rings is 1. The van der Waals surface area contributed by atoms with Gasteiger partial charge in [0.1, 0.15) is 0 Å². The first kappa shape index (κ1) is 12.8. The highest BCUT2D eigenvalue weighted by Gasteiger charge is 2.21. The van der Waals surface area contributed by atoms with E-state index in [-0.39, 0.29) is 0 Å². The average molecular weight is 299 g/mol. The van der Waals surface area contributed by atoms with Crippen molar-refractivity contribution in [1.82, 2.24) is 4.98 Å². The highest BCUT2D eigenvalue weighted by atomic mass is 79.9. The van der Waals surface area contributed by atoms with E-state index in [1.807, 2.05) is 12.4 Å². The molecular weight excluding hydrogens is 280 g/mol. The van der Waals surface area contributed by atoms with Crippen LogP contribution >= 0.6 is 15.9 Å². The molecule has 94 valence electrons. The third-order valence-electron chi connectivity index (χ3n) is 3.03. The van der Waals surface area contributed by atoms with Gasteiger partial charge in [0.05, 0.1) is 16.3 Å². The smallest absolute Gasteiger partial charge is 0.0750 e. The maximum absolute atomic E-state index is 5.85. The average Bonchev–Trinajstić information content (AvgIpc) is 2.37. The SMILES string of the molecule is CCCOC1CCCN(c2ccncc2Br)C1. The van der Waals surface area contributed by atoms with Crippen LogP contribution in [0, 0.1) is 0 Å². The van der Waals surface area contributed by atoms with Crippen molar-refractivity contribution in [3.63, 3.8) is 0 Å². The van der Waals surface area contributed by atoms with Crippen LogP contribution in [0.2, 0.25) is 0 Å². The number of aromatic nitrogens is 1. The van der Waals surface area contributed by atoms with Crippen LogP contribution in [0.25, 0.3) is 0 Å². The van der Waals surface area contributed by atoms with Crippen molar-refractivity contribution in [2.45, 2.75) is 32.3 Å². The van der Waals surface area contributed by atoms with Gasteiger partial charge in [0.2, 0.25) is 0 Å². The van der Waals surface area contributed by atoms with Crippen LogP contribution in [-0.4, -0.2) is 30.8 Å². The predicted octanol–water partition coefficient (Wildman–Crippen LogP) is 3.24. The van der Waals surface area contributed by atoms with Crippen molar-refractivity contribution in [1.29, 1.82) is 0 Å². The van der Waals surface area contributed by atoms with Crippen LogP contribution in [0.15, 0.2) is 22.9 Å². The molecule has 4 heteroatoms. The highest BCUT2D eigenvalue weighted by Crippen LogP contribution is 2.28. The number of rotatable bonds is 4. The lowest BCUT2D eigenvalue weighted by Crippen LogP contribution is -2.40. The van der Waals surface area contributed by atoms with E-state index in [9.17, 15) is 0 Å². The molecule has 2 heterocycles. The Morgan fingerprint density at radius 1 is 1.59 bits per heavy atom. The quantitative estimate of drug-likeness (QED) is 0.853. The van der Waals surface area contributed by atoms with Crippen LogP contribution in [0.3, 0.4) is 0 Å². The van der Waals surface area contributed by atoms with Gasteiger partial charge in [0.25, 0.3) is 0 Å². The molecule has 0 aromatic carbocycles. The minimum atomic E-state index is 0.378. The van der Waals surface area contributed by atoms with E-state index in [0.29, 0.717) is 6.10 Å². The molecule has 3 nitrogen and oxygen atoms in total. The Labute approximate surface area is 111 Å². The van der Waals surface area contributed by atoms with Gasteiger partial charge in [-0.2, -0.15) is 0 Å². The standard InChI is InChI=1S/C13H19BrN2O/c1-2-8-17-11-4-3-7-16(10-11)13-5-6-15-9-12(13)14/h5-6,9,11H,2-4,7-8,10H2,1H3. The molecule has 0 radical (unpaired) electrons. The van der Waals surface area contributed by atoms with Crippen molar-refractivity contribution >= 4 is 21.6 Å². The molecule has 1 aliphatic heterocycles. The minimum absolute atomic E-state index is 0.378. The molecule has 17 heavy (non-hydrogen) atoms. The molecule has 1 aromatic rings. The van der Waals surface area contributed by atoms with Crippen molar-refractivity contribution in [2.75, 3.05) is 24.6 Å². The van der Waals surface area contributed by atoms with Gasteiger partial charge in [-0.1, -0.05) is 6.92 Å². The zero-order valence-corrected chi connectivity index (χ0v) is 11.8. The Kier molecular flexibility index (Phi) is 4.80. The molecule has 0 N–H and O–H groups in total. The fourth-order valence-corrected chi connectivity index (χ4v) is 2.70. The fraction of sp³-hybridized carbons (Fsp3) is 0.615. The summed E-state index contributed by atoms with van der Waals surface area (Å²) in [5.74, 6) is 0. The van der Waals surface area contributed by atoms with E-state index in [1.165, 1.54) is 18.5 Å². The molecule has 0 saturated carbocycles. The summed E-state index contributed by atoms with van der Waals surface area (Å²) in [5.41, 5.74) is 1.23. The summed E-state index contributed by atoms with van der Waals surface area (Å²) in [6, 6.07) is 2.06. The molecule has 2 rings (SSSR count). The van der Waals surface area contributed by atoms with Crippen LogP contribution in [-0.2, 0) is 4.74 Å². The molecule has 1 atom stereocenters. The number of pyridine rings is 1. The molecule has 0 spiro atoms. The van der Waals surface area contributed by atoms with Crippen LogP contribution in [0.4, 0.5) is 5.69 Å². The van der Waals surface area contributed by atoms with Crippen molar-refractivity contribution < 1.29 is 4.74 Å². The van der Waals surface area contributed by atoms with Gasteiger partial charge in [-0.05, 0) is 41.3 Å². The normalized spacial score (nSPS) is 20.6. The predicted molar refractivity (Wildman–Crippen MR) is 73.4 cm³/mol. The first-order valence-corrected chi connectivity index (χ1v) is 7.06. The van der Waals surface area contributed by atoms with E-state index in [1.54, 1.807) is 0 Å². The maximum atomic E-state index is 5.85. The third-order valence-corrected chi connectivity index (χ3v) is 3.64. The lowest BCUT2D eigenvalue weighted by Gasteiger charge is -2.34. The summed E-state index contributed by atoms with van der Waals surface area (Å²) in [6.45, 7) is 5.12. The summed E-state index contributed by atoms with van der Waals surface area (Å²) in [5, 5.41) is 0. The zero-order valence-electron chi connectivity index (χ0n) is 10.2. The van der Waals surface area contributed by atoms with Crippen molar-refractivity contribution in [3.8, 4) is 0 Å². The topological polar surface area (TPSA) is 25.4 Å². The van der Waals surface area contributed by atoms with Gasteiger partial charge in [0, 0.05) is 32.1 Å². The first-order valence-electron chi connectivity index (χ1n) is 6.27. The van der Waals surface area contributed by atoms with Gasteiger partial charge in [-0.3, -0.25) is 4.98 Å². The second kappa shape index (κ2) is 6.36. The molecular formula is C13H19BrN2O.